The van der Waals surface area contributed by atoms with Gasteiger partial charge >= 0.3 is 5.97 Å². The Morgan fingerprint density at radius 1 is 0.889 bits per heavy atom. The molecule has 0 amide bonds. The molecular formula is C20H16O7. The van der Waals surface area contributed by atoms with Gasteiger partial charge in [0.1, 0.15) is 6.61 Å². The number of hydrogen-bond donors (Lipinski definition) is 1. The molecule has 1 saturated heterocycles. The predicted octanol–water partition coefficient (Wildman–Crippen LogP) is 2.06. The SMILES string of the molecule is O=C1OC/C(=C\c2ccc3c(c2)OCO3)C1(O)Cc1ccc2c(c1)OCO2. The Balaban J connectivity index is 1.46. The third-order valence-corrected chi connectivity index (χ3v) is 4.86. The van der Waals surface area contributed by atoms with Crippen LogP contribution in [0.2, 0.25) is 0 Å². The standard InChI is InChI=1S/C20H16O7/c21-19-20(22,8-13-2-4-16-18(7-13)27-11-25-16)14(9-23-19)5-12-1-3-15-17(6-12)26-10-24-15/h1-7,22H,8-11H2/b14-5+. The lowest BCUT2D eigenvalue weighted by atomic mass is 9.87. The van der Waals surface area contributed by atoms with Gasteiger partial charge in [0.25, 0.3) is 0 Å². The normalized spacial score (nSPS) is 23.7. The number of carbonyl (C=O) groups is 1. The summed E-state index contributed by atoms with van der Waals surface area (Å²) >= 11 is 0. The van der Waals surface area contributed by atoms with Crippen LogP contribution in [0, 0.1) is 0 Å². The lowest BCUT2D eigenvalue weighted by Gasteiger charge is -2.20. The van der Waals surface area contributed by atoms with Gasteiger partial charge in [-0.2, -0.15) is 0 Å². The van der Waals surface area contributed by atoms with Crippen LogP contribution in [-0.2, 0) is 16.0 Å². The topological polar surface area (TPSA) is 83.5 Å². The van der Waals surface area contributed by atoms with Gasteiger partial charge in [-0.1, -0.05) is 12.1 Å². The number of ether oxygens (including phenoxy) is 5. The molecule has 138 valence electrons. The fraction of sp³-hybridized carbons (Fsp3) is 0.250. The minimum Gasteiger partial charge on any atom is -0.459 e. The molecule has 2 aromatic carbocycles. The Labute approximate surface area is 154 Å². The molecule has 0 aromatic heterocycles. The van der Waals surface area contributed by atoms with Crippen LogP contribution in [0.4, 0.5) is 0 Å². The Bertz CT molecular complexity index is 965. The highest BCUT2D eigenvalue weighted by Gasteiger charge is 2.47. The van der Waals surface area contributed by atoms with Crippen molar-refractivity contribution in [2.24, 2.45) is 0 Å². The van der Waals surface area contributed by atoms with Crippen molar-refractivity contribution < 1.29 is 33.6 Å². The highest BCUT2D eigenvalue weighted by Crippen LogP contribution is 2.38. The molecule has 7 heteroatoms. The van der Waals surface area contributed by atoms with Gasteiger partial charge in [0.05, 0.1) is 0 Å². The zero-order valence-corrected chi connectivity index (χ0v) is 14.3. The molecule has 3 aliphatic heterocycles. The largest absolute Gasteiger partial charge is 0.459 e. The second-order valence-corrected chi connectivity index (χ2v) is 6.58. The van der Waals surface area contributed by atoms with Gasteiger partial charge in [0.2, 0.25) is 13.6 Å². The summed E-state index contributed by atoms with van der Waals surface area (Å²) in [6, 6.07) is 10.8. The smallest absolute Gasteiger partial charge is 0.343 e. The first kappa shape index (κ1) is 16.0. The third-order valence-electron chi connectivity index (χ3n) is 4.86. The number of rotatable bonds is 3. The Hall–Kier alpha value is -3.19. The summed E-state index contributed by atoms with van der Waals surface area (Å²) in [4.78, 5) is 12.3. The third kappa shape index (κ3) is 2.67. The van der Waals surface area contributed by atoms with Crippen molar-refractivity contribution in [3.8, 4) is 23.0 Å². The maximum absolute atomic E-state index is 12.3. The van der Waals surface area contributed by atoms with Crippen LogP contribution < -0.4 is 18.9 Å². The molecule has 0 aliphatic carbocycles. The molecule has 1 N–H and O–H groups in total. The molecule has 1 fully saturated rings. The average Bonchev–Trinajstić information content (AvgIpc) is 3.37. The second-order valence-electron chi connectivity index (χ2n) is 6.58. The van der Waals surface area contributed by atoms with E-state index in [0.717, 1.165) is 11.1 Å². The van der Waals surface area contributed by atoms with Gasteiger partial charge in [-0.15, -0.1) is 0 Å². The number of benzene rings is 2. The van der Waals surface area contributed by atoms with E-state index in [4.69, 9.17) is 23.7 Å². The van der Waals surface area contributed by atoms with Crippen molar-refractivity contribution in [2.75, 3.05) is 20.2 Å². The van der Waals surface area contributed by atoms with E-state index in [0.29, 0.717) is 28.6 Å². The fourth-order valence-corrected chi connectivity index (χ4v) is 3.41. The van der Waals surface area contributed by atoms with Gasteiger partial charge in [-0.05, 0) is 41.5 Å². The number of esters is 1. The average molecular weight is 368 g/mol. The fourth-order valence-electron chi connectivity index (χ4n) is 3.41. The highest BCUT2D eigenvalue weighted by atomic mass is 16.7. The van der Waals surface area contributed by atoms with E-state index >= 15 is 0 Å². The molecule has 27 heavy (non-hydrogen) atoms. The van der Waals surface area contributed by atoms with Crippen LogP contribution in [0.3, 0.4) is 0 Å². The summed E-state index contributed by atoms with van der Waals surface area (Å²) in [6.07, 6.45) is 1.83. The molecule has 1 unspecified atom stereocenters. The van der Waals surface area contributed by atoms with Crippen molar-refractivity contribution in [2.45, 2.75) is 12.0 Å². The molecule has 0 radical (unpaired) electrons. The molecule has 0 saturated carbocycles. The van der Waals surface area contributed by atoms with Gasteiger partial charge < -0.3 is 28.8 Å². The van der Waals surface area contributed by atoms with Gasteiger partial charge in [-0.25, -0.2) is 4.79 Å². The van der Waals surface area contributed by atoms with Gasteiger partial charge in [0, 0.05) is 12.0 Å². The minimum atomic E-state index is -1.73. The lowest BCUT2D eigenvalue weighted by molar-refractivity contribution is -0.151. The molecule has 1 atom stereocenters. The van der Waals surface area contributed by atoms with E-state index in [1.54, 1.807) is 36.4 Å². The minimum absolute atomic E-state index is 0.0360. The number of cyclic esters (lactones) is 1. The second kappa shape index (κ2) is 5.92. The number of aliphatic hydroxyl groups is 1. The number of hydrogen-bond acceptors (Lipinski definition) is 7. The molecule has 0 spiro atoms. The van der Waals surface area contributed by atoms with E-state index in [1.807, 2.05) is 6.07 Å². The molecule has 3 aliphatic rings. The summed E-state index contributed by atoms with van der Waals surface area (Å²) in [5.74, 6) is 1.90. The van der Waals surface area contributed by atoms with Crippen molar-refractivity contribution >= 4 is 12.0 Å². The van der Waals surface area contributed by atoms with E-state index in [1.165, 1.54) is 0 Å². The summed E-state index contributed by atoms with van der Waals surface area (Å²) in [5, 5.41) is 11.1. The first-order valence-corrected chi connectivity index (χ1v) is 8.51. The van der Waals surface area contributed by atoms with Crippen molar-refractivity contribution in [3.63, 3.8) is 0 Å². The van der Waals surface area contributed by atoms with Gasteiger partial charge in [-0.3, -0.25) is 0 Å². The van der Waals surface area contributed by atoms with E-state index in [9.17, 15) is 9.90 Å². The van der Waals surface area contributed by atoms with Crippen LogP contribution in [0.25, 0.3) is 6.08 Å². The zero-order valence-electron chi connectivity index (χ0n) is 14.3. The summed E-state index contributed by atoms with van der Waals surface area (Å²) in [7, 11) is 0. The first-order chi connectivity index (χ1) is 13.1. The molecule has 7 nitrogen and oxygen atoms in total. The molecule has 5 rings (SSSR count). The van der Waals surface area contributed by atoms with Crippen LogP contribution >= 0.6 is 0 Å². The number of fused-ring (bicyclic) bond motifs is 2. The molecule has 2 aromatic rings. The monoisotopic (exact) mass is 368 g/mol. The predicted molar refractivity (Wildman–Crippen MR) is 92.7 cm³/mol. The van der Waals surface area contributed by atoms with Crippen LogP contribution in [0.15, 0.2) is 42.0 Å². The molecule has 0 bridgehead atoms. The van der Waals surface area contributed by atoms with Crippen molar-refractivity contribution in [1.82, 2.24) is 0 Å². The summed E-state index contributed by atoms with van der Waals surface area (Å²) < 4.78 is 26.5. The maximum atomic E-state index is 12.3. The summed E-state index contributed by atoms with van der Waals surface area (Å²) in [5.41, 5.74) is 0.294. The van der Waals surface area contributed by atoms with E-state index in [-0.39, 0.29) is 26.6 Å². The Kier molecular flexibility index (Phi) is 3.51. The summed E-state index contributed by atoms with van der Waals surface area (Å²) in [6.45, 7) is 0.389. The van der Waals surface area contributed by atoms with Crippen molar-refractivity contribution in [3.05, 3.63) is 53.1 Å². The lowest BCUT2D eigenvalue weighted by Crippen LogP contribution is -2.38. The van der Waals surface area contributed by atoms with Gasteiger partial charge in [0.15, 0.2) is 28.6 Å². The zero-order chi connectivity index (χ0) is 18.4. The molecule has 3 heterocycles. The Morgan fingerprint density at radius 2 is 1.56 bits per heavy atom. The van der Waals surface area contributed by atoms with E-state index < -0.39 is 11.6 Å². The highest BCUT2D eigenvalue weighted by molar-refractivity contribution is 5.89. The first-order valence-electron chi connectivity index (χ1n) is 8.51. The molecular weight excluding hydrogens is 352 g/mol. The number of carbonyl (C=O) groups excluding carboxylic acids is 1. The van der Waals surface area contributed by atoms with Crippen LogP contribution in [0.1, 0.15) is 11.1 Å². The Morgan fingerprint density at radius 3 is 2.33 bits per heavy atom. The maximum Gasteiger partial charge on any atom is 0.343 e. The van der Waals surface area contributed by atoms with E-state index in [2.05, 4.69) is 0 Å². The quantitative estimate of drug-likeness (QED) is 0.830. The van der Waals surface area contributed by atoms with Crippen LogP contribution in [-0.4, -0.2) is 36.9 Å². The van der Waals surface area contributed by atoms with Crippen molar-refractivity contribution in [1.29, 1.82) is 0 Å². The van der Waals surface area contributed by atoms with Crippen LogP contribution in [0.5, 0.6) is 23.0 Å².